The van der Waals surface area contributed by atoms with Crippen molar-refractivity contribution in [2.75, 3.05) is 19.6 Å². The summed E-state index contributed by atoms with van der Waals surface area (Å²) in [6.45, 7) is 7.26. The molecule has 0 amide bonds. The van der Waals surface area contributed by atoms with Crippen LogP contribution in [0.2, 0.25) is 0 Å². The smallest absolute Gasteiger partial charge is 0.308 e. The van der Waals surface area contributed by atoms with Gasteiger partial charge in [0.2, 0.25) is 0 Å². The van der Waals surface area contributed by atoms with Crippen molar-refractivity contribution in [1.29, 1.82) is 0 Å². The molecule has 0 aliphatic carbocycles. The number of hydrogen-bond donors (Lipinski definition) is 4. The van der Waals surface area contributed by atoms with Gasteiger partial charge in [-0.2, -0.15) is 5.21 Å². The number of carboxylic acids is 1. The molecule has 2 heterocycles. The Morgan fingerprint density at radius 3 is 2.77 bits per heavy atom. The second kappa shape index (κ2) is 8.58. The molecule has 26 heavy (non-hydrogen) atoms. The second-order valence-corrected chi connectivity index (χ2v) is 7.11. The highest BCUT2D eigenvalue weighted by atomic mass is 16.4. The molecule has 5 N–H and O–H groups in total. The number of nitrogens with one attached hydrogen (secondary N) is 2. The highest BCUT2D eigenvalue weighted by Crippen LogP contribution is 2.36. The summed E-state index contributed by atoms with van der Waals surface area (Å²) in [5, 5.41) is 26.7. The van der Waals surface area contributed by atoms with E-state index in [1.807, 2.05) is 26.8 Å². The van der Waals surface area contributed by atoms with E-state index >= 15 is 0 Å². The normalized spacial score (nSPS) is 16.6. The topological polar surface area (TPSA) is 142 Å². The molecule has 1 aliphatic rings. The summed E-state index contributed by atoms with van der Waals surface area (Å²) in [6, 6.07) is 0. The van der Waals surface area contributed by atoms with E-state index in [0.29, 0.717) is 26.1 Å². The Kier molecular flexibility index (Phi) is 6.46. The Balaban J connectivity index is 2.21. The lowest BCUT2D eigenvalue weighted by Crippen LogP contribution is -2.34. The molecule has 9 nitrogen and oxygen atoms in total. The van der Waals surface area contributed by atoms with Gasteiger partial charge in [0.1, 0.15) is 5.84 Å². The van der Waals surface area contributed by atoms with Gasteiger partial charge < -0.3 is 16.2 Å². The summed E-state index contributed by atoms with van der Waals surface area (Å²) in [4.78, 5) is 16.3. The molecule has 1 aromatic rings. The number of carboxylic acid groups (broad SMARTS) is 1. The molecule has 2 atom stereocenters. The monoisotopic (exact) mass is 359 g/mol. The second-order valence-electron chi connectivity index (χ2n) is 7.11. The number of rotatable bonds is 5. The Morgan fingerprint density at radius 1 is 1.50 bits per heavy atom. The molecule has 0 saturated heterocycles. The molecule has 9 heteroatoms. The minimum atomic E-state index is -0.939. The molecule has 0 fully saturated rings. The fourth-order valence-electron chi connectivity index (χ4n) is 2.75. The average Bonchev–Trinajstić information content (AvgIpc) is 3.10. The highest BCUT2D eigenvalue weighted by molar-refractivity contribution is 5.85. The first-order valence-electron chi connectivity index (χ1n) is 8.47. The Labute approximate surface area is 152 Å². The van der Waals surface area contributed by atoms with Gasteiger partial charge in [-0.15, -0.1) is 10.2 Å². The zero-order valence-electron chi connectivity index (χ0n) is 15.3. The van der Waals surface area contributed by atoms with Crippen LogP contribution in [0.25, 0.3) is 0 Å². The number of carbonyl (C=O) groups is 1. The molecule has 2 rings (SSSR count). The van der Waals surface area contributed by atoms with Crippen molar-refractivity contribution in [3.63, 3.8) is 0 Å². The maximum Gasteiger partial charge on any atom is 0.308 e. The summed E-state index contributed by atoms with van der Waals surface area (Å²) in [5.41, 5.74) is 5.78. The molecular weight excluding hydrogens is 334 g/mol. The number of aliphatic carboxylic acids is 1. The van der Waals surface area contributed by atoms with Gasteiger partial charge in [-0.25, -0.2) is 0 Å². The van der Waals surface area contributed by atoms with E-state index < -0.39 is 23.2 Å². The van der Waals surface area contributed by atoms with Crippen LogP contribution >= 0.6 is 0 Å². The van der Waals surface area contributed by atoms with Crippen LogP contribution in [0.15, 0.2) is 16.6 Å². The number of aliphatic imine (C=N–C) groups is 1. The van der Waals surface area contributed by atoms with Crippen molar-refractivity contribution in [1.82, 2.24) is 25.9 Å². The van der Waals surface area contributed by atoms with Crippen LogP contribution in [0.3, 0.4) is 0 Å². The van der Waals surface area contributed by atoms with E-state index in [-0.39, 0.29) is 5.82 Å². The summed E-state index contributed by atoms with van der Waals surface area (Å²) in [6.07, 6.45) is 2.64. The summed E-state index contributed by atoms with van der Waals surface area (Å²) < 4.78 is 0. The van der Waals surface area contributed by atoms with Gasteiger partial charge in [0.25, 0.3) is 0 Å². The van der Waals surface area contributed by atoms with E-state index in [1.165, 1.54) is 0 Å². The minimum Gasteiger partial charge on any atom is -0.481 e. The maximum atomic E-state index is 11.9. The first-order chi connectivity index (χ1) is 12.3. The van der Waals surface area contributed by atoms with Crippen molar-refractivity contribution in [2.24, 2.45) is 22.1 Å². The van der Waals surface area contributed by atoms with Crippen molar-refractivity contribution in [3.05, 3.63) is 17.5 Å². The van der Waals surface area contributed by atoms with Crippen molar-refractivity contribution >= 4 is 11.8 Å². The number of dihydropyridines is 1. The molecule has 1 aromatic heterocycles. The molecule has 0 bridgehead atoms. The van der Waals surface area contributed by atoms with Crippen molar-refractivity contribution in [2.45, 2.75) is 33.1 Å². The number of nitrogens with zero attached hydrogens (tertiary/aromatic N) is 4. The Hall–Kier alpha value is -2.73. The van der Waals surface area contributed by atoms with Gasteiger partial charge in [-0.05, 0) is 5.41 Å². The lowest BCUT2D eigenvalue weighted by Gasteiger charge is -2.29. The molecule has 140 valence electrons. The largest absolute Gasteiger partial charge is 0.481 e. The van der Waals surface area contributed by atoms with Crippen LogP contribution in [-0.2, 0) is 4.79 Å². The van der Waals surface area contributed by atoms with E-state index in [4.69, 9.17) is 5.73 Å². The van der Waals surface area contributed by atoms with Gasteiger partial charge in [0, 0.05) is 25.1 Å². The van der Waals surface area contributed by atoms with Crippen LogP contribution < -0.4 is 11.1 Å². The SMILES string of the molecule is CC(C)(C)C(C(=O)O)C(C#CC1=CCC(NCCN)=NC1)c1nn[nH]n1. The van der Waals surface area contributed by atoms with Crippen LogP contribution in [0.5, 0.6) is 0 Å². The summed E-state index contributed by atoms with van der Waals surface area (Å²) in [5.74, 6) is 4.88. The van der Waals surface area contributed by atoms with Crippen LogP contribution in [0.4, 0.5) is 0 Å². The number of aromatic amines is 1. The number of tetrazole rings is 1. The maximum absolute atomic E-state index is 11.9. The number of H-pyrrole nitrogens is 1. The van der Waals surface area contributed by atoms with Crippen molar-refractivity contribution < 1.29 is 9.90 Å². The molecule has 0 aromatic carbocycles. The molecular formula is C17H25N7O2. The fraction of sp³-hybridized carbons (Fsp3) is 0.588. The average molecular weight is 359 g/mol. The van der Waals surface area contributed by atoms with Crippen LogP contribution in [0, 0.1) is 23.2 Å². The third-order valence-corrected chi connectivity index (χ3v) is 4.02. The summed E-state index contributed by atoms with van der Waals surface area (Å²) in [7, 11) is 0. The quantitative estimate of drug-likeness (QED) is 0.554. The van der Waals surface area contributed by atoms with Crippen LogP contribution in [-0.4, -0.2) is 57.2 Å². The van der Waals surface area contributed by atoms with E-state index in [1.54, 1.807) is 0 Å². The lowest BCUT2D eigenvalue weighted by molar-refractivity contribution is -0.146. The van der Waals surface area contributed by atoms with Gasteiger partial charge in [-0.1, -0.05) is 43.9 Å². The van der Waals surface area contributed by atoms with Gasteiger partial charge in [0.15, 0.2) is 5.82 Å². The molecule has 2 unspecified atom stereocenters. The molecule has 0 saturated carbocycles. The number of amidine groups is 1. The fourth-order valence-corrected chi connectivity index (χ4v) is 2.75. The lowest BCUT2D eigenvalue weighted by atomic mass is 9.73. The van der Waals surface area contributed by atoms with Gasteiger partial charge >= 0.3 is 5.97 Å². The van der Waals surface area contributed by atoms with E-state index in [2.05, 4.69) is 42.8 Å². The Bertz CT molecular complexity index is 735. The van der Waals surface area contributed by atoms with Crippen LogP contribution in [0.1, 0.15) is 38.9 Å². The summed E-state index contributed by atoms with van der Waals surface area (Å²) >= 11 is 0. The zero-order chi connectivity index (χ0) is 19.2. The number of nitrogens with two attached hydrogens (primary N) is 1. The standard InChI is InChI=1S/C17H25N7O2/c1-17(2,3)14(16(25)26)12(15-21-23-24-22-15)6-4-11-5-7-13(20-10-11)19-9-8-18/h5,12,14H,7-10,18H2,1-3H3,(H,19,20)(H,25,26)(H,21,22,23,24). The number of aromatic nitrogens is 4. The van der Waals surface area contributed by atoms with Gasteiger partial charge in [0.05, 0.1) is 18.4 Å². The minimum absolute atomic E-state index is 0.282. The zero-order valence-corrected chi connectivity index (χ0v) is 15.3. The molecule has 1 aliphatic heterocycles. The number of hydrogen-bond acceptors (Lipinski definition) is 7. The van der Waals surface area contributed by atoms with Crippen molar-refractivity contribution in [3.8, 4) is 11.8 Å². The predicted octanol–water partition coefficient (Wildman–Crippen LogP) is 0.311. The van der Waals surface area contributed by atoms with E-state index in [0.717, 1.165) is 11.4 Å². The molecule has 0 spiro atoms. The highest BCUT2D eigenvalue weighted by Gasteiger charge is 2.40. The Morgan fingerprint density at radius 2 is 2.27 bits per heavy atom. The van der Waals surface area contributed by atoms with Gasteiger partial charge in [-0.3, -0.25) is 9.79 Å². The predicted molar refractivity (Wildman–Crippen MR) is 97.3 cm³/mol. The third-order valence-electron chi connectivity index (χ3n) is 4.02. The first kappa shape index (κ1) is 19.6. The third kappa shape index (κ3) is 5.13. The molecule has 0 radical (unpaired) electrons. The first-order valence-corrected chi connectivity index (χ1v) is 8.47. The van der Waals surface area contributed by atoms with E-state index in [9.17, 15) is 9.90 Å².